The zero-order valence-corrected chi connectivity index (χ0v) is 7.68. The van der Waals surface area contributed by atoms with E-state index in [0.717, 1.165) is 5.01 Å². The van der Waals surface area contributed by atoms with Gasteiger partial charge >= 0.3 is 13.8 Å². The number of rotatable bonds is 2. The third-order valence-electron chi connectivity index (χ3n) is 1.02. The number of amides is 1. The van der Waals surface area contributed by atoms with Crippen molar-refractivity contribution in [3.05, 3.63) is 0 Å². The fraction of sp³-hybridized carbons (Fsp3) is 0.667. The first-order valence-corrected chi connectivity index (χ1v) is 4.55. The van der Waals surface area contributed by atoms with E-state index in [1.165, 1.54) is 0 Å². The Morgan fingerprint density at radius 2 is 2.33 bits per heavy atom. The third-order valence-corrected chi connectivity index (χ3v) is 1.55. The summed E-state index contributed by atoms with van der Waals surface area (Å²) in [6.07, 6.45) is -0.690. The van der Waals surface area contributed by atoms with Gasteiger partial charge in [0, 0.05) is 0 Å². The summed E-state index contributed by atoms with van der Waals surface area (Å²) in [6.45, 7) is 0.423. The molecule has 0 bridgehead atoms. The Kier molecular flexibility index (Phi) is 3.95. The molecule has 7 nitrogen and oxygen atoms in total. The van der Waals surface area contributed by atoms with Crippen LogP contribution in [-0.2, 0) is 9.30 Å². The second kappa shape index (κ2) is 4.06. The molecule has 0 aromatic rings. The summed E-state index contributed by atoms with van der Waals surface area (Å²) in [5.41, 5.74) is 4.73. The summed E-state index contributed by atoms with van der Waals surface area (Å²) < 4.78 is 14.9. The molecule has 1 rings (SSSR count). The number of ether oxygens (including phenoxy) is 1. The molecule has 0 radical (unpaired) electrons. The Balaban J connectivity index is 0.00000121. The van der Waals surface area contributed by atoms with Crippen LogP contribution in [0.3, 0.4) is 0 Å². The summed E-state index contributed by atoms with van der Waals surface area (Å²) in [5.74, 6) is 0. The first-order valence-electron chi connectivity index (χ1n) is 2.82. The lowest BCUT2D eigenvalue weighted by Gasteiger charge is -2.15. The molecule has 72 valence electrons. The molecule has 0 aliphatic carbocycles. The summed E-state index contributed by atoms with van der Waals surface area (Å²) in [6, 6.07) is 0. The Morgan fingerprint density at radius 1 is 1.75 bits per heavy atom. The second-order valence-corrected chi connectivity index (χ2v) is 3.43. The maximum atomic E-state index is 10.6. The minimum absolute atomic E-state index is 0. The van der Waals surface area contributed by atoms with E-state index in [4.69, 9.17) is 10.4 Å². The van der Waals surface area contributed by atoms with Crippen molar-refractivity contribution in [3.8, 4) is 0 Å². The highest BCUT2D eigenvalue weighted by molar-refractivity contribution is 7.53. The van der Waals surface area contributed by atoms with Crippen LogP contribution in [0.25, 0.3) is 0 Å². The van der Waals surface area contributed by atoms with E-state index in [1.54, 1.807) is 0 Å². The number of nitrogens with two attached hydrogens (primary N) is 1. The molecule has 1 fully saturated rings. The minimum Gasteiger partial charge on any atom is -0.447 e. The van der Waals surface area contributed by atoms with E-state index < -0.39 is 13.8 Å². The van der Waals surface area contributed by atoms with Gasteiger partial charge < -0.3 is 9.63 Å². The molecule has 1 heterocycles. The van der Waals surface area contributed by atoms with Crippen LogP contribution in [-0.4, -0.2) is 29.1 Å². The van der Waals surface area contributed by atoms with Gasteiger partial charge in [-0.25, -0.2) is 15.3 Å². The molecule has 1 saturated heterocycles. The molecule has 4 N–H and O–H groups in total. The standard InChI is InChI=1S/C3H8N3O4P.ClH/c4-11(8,9)5-6-1-2-10-3(6)7;/h1-2H2,(H4,4,5,8,9);1H. The van der Waals surface area contributed by atoms with Gasteiger partial charge in [-0.15, -0.1) is 17.6 Å². The van der Waals surface area contributed by atoms with Gasteiger partial charge in [0.15, 0.2) is 0 Å². The first-order chi connectivity index (χ1) is 4.99. The van der Waals surface area contributed by atoms with Crippen molar-refractivity contribution in [1.82, 2.24) is 10.2 Å². The number of hydrogen-bond donors (Lipinski definition) is 3. The Morgan fingerprint density at radius 3 is 2.67 bits per heavy atom. The smallest absolute Gasteiger partial charge is 0.424 e. The van der Waals surface area contributed by atoms with Gasteiger partial charge in [-0.2, -0.15) is 0 Å². The van der Waals surface area contributed by atoms with E-state index in [1.807, 2.05) is 5.20 Å². The largest absolute Gasteiger partial charge is 0.447 e. The number of hydrazine groups is 1. The number of carbonyl (C=O) groups is 1. The number of halogens is 1. The molecule has 1 atom stereocenters. The molecule has 1 unspecified atom stereocenters. The molecular weight excluding hydrogens is 208 g/mol. The average molecular weight is 218 g/mol. The average Bonchev–Trinajstić information content (AvgIpc) is 2.12. The maximum Gasteiger partial charge on any atom is 0.424 e. The fourth-order valence-corrected chi connectivity index (χ4v) is 1.18. The summed E-state index contributed by atoms with van der Waals surface area (Å²) in [7, 11) is -3.88. The number of carbonyl (C=O) groups excluding carboxylic acids is 1. The zero-order chi connectivity index (χ0) is 8.48. The molecule has 0 spiro atoms. The molecule has 1 aliphatic rings. The molecule has 0 aromatic heterocycles. The lowest BCUT2D eigenvalue weighted by Crippen LogP contribution is -2.37. The number of nitrogens with one attached hydrogen (secondary N) is 1. The summed E-state index contributed by atoms with van der Waals surface area (Å²) >= 11 is 0. The van der Waals surface area contributed by atoms with Crippen LogP contribution in [0.5, 0.6) is 0 Å². The lowest BCUT2D eigenvalue weighted by molar-refractivity contribution is 0.152. The summed E-state index contributed by atoms with van der Waals surface area (Å²) in [4.78, 5) is 19.2. The molecule has 1 aliphatic heterocycles. The lowest BCUT2D eigenvalue weighted by atomic mass is 10.7. The zero-order valence-electron chi connectivity index (χ0n) is 5.97. The molecule has 1 amide bonds. The van der Waals surface area contributed by atoms with E-state index >= 15 is 0 Å². The van der Waals surface area contributed by atoms with Crippen LogP contribution >= 0.6 is 20.1 Å². The molecular formula is C3H9ClN3O4P. The molecule has 0 saturated carbocycles. The highest BCUT2D eigenvalue weighted by Gasteiger charge is 2.26. The van der Waals surface area contributed by atoms with Gasteiger partial charge in [0.1, 0.15) is 6.61 Å². The van der Waals surface area contributed by atoms with Crippen molar-refractivity contribution in [2.45, 2.75) is 0 Å². The predicted octanol–water partition coefficient (Wildman–Crippen LogP) is -0.576. The van der Waals surface area contributed by atoms with E-state index in [2.05, 4.69) is 4.74 Å². The Labute approximate surface area is 74.8 Å². The Hall–Kier alpha value is -0.330. The van der Waals surface area contributed by atoms with Gasteiger partial charge in [0.2, 0.25) is 0 Å². The van der Waals surface area contributed by atoms with Crippen molar-refractivity contribution in [2.75, 3.05) is 13.2 Å². The Bertz CT molecular complexity index is 218. The second-order valence-electron chi connectivity index (χ2n) is 1.99. The monoisotopic (exact) mass is 217 g/mol. The van der Waals surface area contributed by atoms with E-state index in [9.17, 15) is 9.36 Å². The van der Waals surface area contributed by atoms with Crippen LogP contribution in [0.1, 0.15) is 0 Å². The highest BCUT2D eigenvalue weighted by Crippen LogP contribution is 2.24. The van der Waals surface area contributed by atoms with Crippen LogP contribution in [0, 0.1) is 0 Å². The SMILES string of the molecule is Cl.NP(=O)(O)NN1CCOC1=O. The van der Waals surface area contributed by atoms with E-state index in [0.29, 0.717) is 0 Å². The van der Waals surface area contributed by atoms with E-state index in [-0.39, 0.29) is 25.6 Å². The van der Waals surface area contributed by atoms with Gasteiger partial charge in [-0.05, 0) is 0 Å². The van der Waals surface area contributed by atoms with Gasteiger partial charge in [-0.1, -0.05) is 0 Å². The van der Waals surface area contributed by atoms with Crippen molar-refractivity contribution < 1.29 is 19.0 Å². The molecule has 12 heavy (non-hydrogen) atoms. The van der Waals surface area contributed by atoms with Crippen LogP contribution < -0.4 is 10.7 Å². The van der Waals surface area contributed by atoms with Gasteiger partial charge in [0.05, 0.1) is 6.54 Å². The van der Waals surface area contributed by atoms with Crippen molar-refractivity contribution in [1.29, 1.82) is 0 Å². The van der Waals surface area contributed by atoms with Gasteiger partial charge in [0.25, 0.3) is 0 Å². The normalized spacial score (nSPS) is 21.2. The van der Waals surface area contributed by atoms with Crippen LogP contribution in [0.2, 0.25) is 0 Å². The summed E-state index contributed by atoms with van der Waals surface area (Å²) in [5, 5.41) is 2.78. The van der Waals surface area contributed by atoms with Crippen molar-refractivity contribution in [2.24, 2.45) is 5.50 Å². The number of nitrogens with zero attached hydrogens (tertiary/aromatic N) is 1. The highest BCUT2D eigenvalue weighted by atomic mass is 35.5. The van der Waals surface area contributed by atoms with Crippen molar-refractivity contribution in [3.63, 3.8) is 0 Å². The molecule has 9 heteroatoms. The first kappa shape index (κ1) is 11.7. The van der Waals surface area contributed by atoms with Crippen LogP contribution in [0.15, 0.2) is 0 Å². The maximum absolute atomic E-state index is 10.6. The third kappa shape index (κ3) is 3.38. The van der Waals surface area contributed by atoms with Gasteiger partial charge in [-0.3, -0.25) is 4.57 Å². The number of cyclic esters (lactones) is 1. The minimum atomic E-state index is -3.88. The topological polar surface area (TPSA) is 105 Å². The van der Waals surface area contributed by atoms with Crippen molar-refractivity contribution >= 4 is 26.2 Å². The predicted molar refractivity (Wildman–Crippen MR) is 42.5 cm³/mol. The number of hydrogen-bond acceptors (Lipinski definition) is 3. The quantitative estimate of drug-likeness (QED) is 0.535. The molecule has 0 aromatic carbocycles. The van der Waals surface area contributed by atoms with Crippen LogP contribution in [0.4, 0.5) is 4.79 Å². The fourth-order valence-electron chi connectivity index (χ4n) is 0.657.